The number of thiocarbonyl (C=S) groups is 1. The average molecular weight is 423 g/mol. The molecule has 1 unspecified atom stereocenters. The predicted octanol–water partition coefficient (Wildman–Crippen LogP) is 3.39. The summed E-state index contributed by atoms with van der Waals surface area (Å²) in [6.45, 7) is 2.34. The van der Waals surface area contributed by atoms with E-state index in [-0.39, 0.29) is 17.3 Å². The van der Waals surface area contributed by atoms with E-state index in [1.54, 1.807) is 13.0 Å². The zero-order valence-electron chi connectivity index (χ0n) is 14.7. The van der Waals surface area contributed by atoms with Crippen molar-refractivity contribution < 1.29 is 18.7 Å². The lowest BCUT2D eigenvalue weighted by atomic mass is 10.1. The number of carbonyl (C=O) groups excluding carboxylic acids is 2. The Labute approximate surface area is 170 Å². The first-order valence-electron chi connectivity index (χ1n) is 8.28. The van der Waals surface area contributed by atoms with E-state index < -0.39 is 23.9 Å². The lowest BCUT2D eigenvalue weighted by Crippen LogP contribution is -2.32. The van der Waals surface area contributed by atoms with Crippen LogP contribution < -0.4 is 15.5 Å². The van der Waals surface area contributed by atoms with Crippen LogP contribution in [0.4, 0.5) is 20.6 Å². The summed E-state index contributed by atoms with van der Waals surface area (Å²) >= 11 is 10.6. The second-order valence-electron chi connectivity index (χ2n) is 6.04. The highest BCUT2D eigenvalue weighted by atomic mass is 35.5. The predicted molar refractivity (Wildman–Crippen MR) is 107 cm³/mol. The Morgan fingerprint density at radius 3 is 2.86 bits per heavy atom. The van der Waals surface area contributed by atoms with E-state index >= 15 is 0 Å². The van der Waals surface area contributed by atoms with Gasteiger partial charge in [-0.25, -0.2) is 14.2 Å². The molecule has 10 heteroatoms. The van der Waals surface area contributed by atoms with Crippen molar-refractivity contribution >= 4 is 52.2 Å². The first-order valence-corrected chi connectivity index (χ1v) is 9.07. The first-order chi connectivity index (χ1) is 13.3. The quantitative estimate of drug-likeness (QED) is 0.567. The molecule has 1 aliphatic heterocycles. The molecule has 2 heterocycles. The smallest absolute Gasteiger partial charge is 0.414 e. The van der Waals surface area contributed by atoms with E-state index in [9.17, 15) is 14.0 Å². The first kappa shape index (κ1) is 20.0. The number of hydrogen-bond acceptors (Lipinski definition) is 5. The van der Waals surface area contributed by atoms with Crippen LogP contribution in [0.5, 0.6) is 0 Å². The number of hydrogen-bond donors (Lipinski definition) is 2. The second kappa shape index (κ2) is 8.49. The SMILES string of the molecule is CC(=S)NCC1CN(c2ccc(C(=O)Nc3ccc(Cl)nc3)c(F)c2)C(=O)O1. The van der Waals surface area contributed by atoms with Gasteiger partial charge in [0.1, 0.15) is 17.1 Å². The van der Waals surface area contributed by atoms with Gasteiger partial charge in [-0.3, -0.25) is 9.69 Å². The summed E-state index contributed by atoms with van der Waals surface area (Å²) in [4.78, 5) is 30.1. The standard InChI is InChI=1S/C18H16ClFN4O3S/c1-10(28)21-8-13-9-24(18(26)27-13)12-3-4-14(15(20)6-12)17(25)23-11-2-5-16(19)22-7-11/h2-7,13H,8-9H2,1H3,(H,21,28)(H,23,25). The van der Waals surface area contributed by atoms with Gasteiger partial charge in [-0.2, -0.15) is 0 Å². The monoisotopic (exact) mass is 422 g/mol. The van der Waals surface area contributed by atoms with Gasteiger partial charge >= 0.3 is 6.09 Å². The molecule has 1 saturated heterocycles. The number of amides is 2. The van der Waals surface area contributed by atoms with Crippen LogP contribution in [-0.4, -0.2) is 41.2 Å². The molecule has 146 valence electrons. The summed E-state index contributed by atoms with van der Waals surface area (Å²) in [6.07, 6.45) is 0.370. The van der Waals surface area contributed by atoms with Crippen LogP contribution in [0, 0.1) is 5.82 Å². The average Bonchev–Trinajstić information content (AvgIpc) is 3.02. The maximum atomic E-state index is 14.5. The van der Waals surface area contributed by atoms with E-state index in [2.05, 4.69) is 15.6 Å². The number of benzene rings is 1. The fourth-order valence-electron chi connectivity index (χ4n) is 2.60. The molecule has 0 saturated carbocycles. The van der Waals surface area contributed by atoms with E-state index in [0.29, 0.717) is 22.9 Å². The number of ether oxygens (including phenoxy) is 1. The Balaban J connectivity index is 1.69. The molecule has 2 aromatic rings. The lowest BCUT2D eigenvalue weighted by molar-refractivity contribution is 0.102. The molecule has 7 nitrogen and oxygen atoms in total. The van der Waals surface area contributed by atoms with Gasteiger partial charge in [0.05, 0.1) is 41.2 Å². The molecular formula is C18H16ClFN4O3S. The van der Waals surface area contributed by atoms with Crippen molar-refractivity contribution in [1.29, 1.82) is 0 Å². The number of pyridine rings is 1. The number of carbonyl (C=O) groups is 2. The molecule has 1 aliphatic rings. The van der Waals surface area contributed by atoms with Gasteiger partial charge in [0.15, 0.2) is 0 Å². The van der Waals surface area contributed by atoms with Gasteiger partial charge in [-0.1, -0.05) is 23.8 Å². The molecule has 0 aliphatic carbocycles. The minimum absolute atomic E-state index is 0.166. The summed E-state index contributed by atoms with van der Waals surface area (Å²) in [5.41, 5.74) is 0.514. The van der Waals surface area contributed by atoms with Crippen LogP contribution in [0.3, 0.4) is 0 Å². The van der Waals surface area contributed by atoms with Crippen LogP contribution in [0.25, 0.3) is 0 Å². The number of halogens is 2. The molecule has 0 bridgehead atoms. The van der Waals surface area contributed by atoms with Gasteiger partial charge in [0.25, 0.3) is 5.91 Å². The molecule has 2 N–H and O–H groups in total. The van der Waals surface area contributed by atoms with E-state index in [0.717, 1.165) is 6.07 Å². The normalized spacial score (nSPS) is 15.9. The number of cyclic esters (lactones) is 1. The van der Waals surface area contributed by atoms with Crippen LogP contribution in [0.2, 0.25) is 5.15 Å². The molecule has 0 radical (unpaired) electrons. The second-order valence-corrected chi connectivity index (χ2v) is 7.04. The molecule has 3 rings (SSSR count). The van der Waals surface area contributed by atoms with E-state index in [1.807, 2.05) is 0 Å². The molecule has 0 spiro atoms. The van der Waals surface area contributed by atoms with Crippen LogP contribution >= 0.6 is 23.8 Å². The molecule has 28 heavy (non-hydrogen) atoms. The third kappa shape index (κ3) is 4.73. The van der Waals surface area contributed by atoms with Crippen molar-refractivity contribution in [2.24, 2.45) is 0 Å². The summed E-state index contributed by atoms with van der Waals surface area (Å²) < 4.78 is 19.7. The number of rotatable bonds is 5. The van der Waals surface area contributed by atoms with Gasteiger partial charge < -0.3 is 15.4 Å². The largest absolute Gasteiger partial charge is 0.442 e. The molecule has 1 atom stereocenters. The van der Waals surface area contributed by atoms with Crippen molar-refractivity contribution in [3.05, 3.63) is 53.1 Å². The maximum absolute atomic E-state index is 14.5. The Bertz CT molecular complexity index is 926. The fourth-order valence-corrected chi connectivity index (χ4v) is 2.80. The summed E-state index contributed by atoms with van der Waals surface area (Å²) in [6, 6.07) is 6.97. The van der Waals surface area contributed by atoms with Gasteiger partial charge in [0, 0.05) is 0 Å². The number of nitrogens with zero attached hydrogens (tertiary/aromatic N) is 2. The Morgan fingerprint density at radius 1 is 1.43 bits per heavy atom. The zero-order valence-corrected chi connectivity index (χ0v) is 16.3. The van der Waals surface area contributed by atoms with Crippen molar-refractivity contribution in [3.63, 3.8) is 0 Å². The van der Waals surface area contributed by atoms with Crippen LogP contribution in [0.1, 0.15) is 17.3 Å². The topological polar surface area (TPSA) is 83.6 Å². The van der Waals surface area contributed by atoms with Crippen molar-refractivity contribution in [2.45, 2.75) is 13.0 Å². The minimum atomic E-state index is -0.763. The van der Waals surface area contributed by atoms with Gasteiger partial charge in [-0.05, 0) is 37.3 Å². The molecule has 1 aromatic heterocycles. The van der Waals surface area contributed by atoms with Crippen molar-refractivity contribution in [3.8, 4) is 0 Å². The Morgan fingerprint density at radius 2 is 2.21 bits per heavy atom. The highest BCUT2D eigenvalue weighted by Gasteiger charge is 2.32. The van der Waals surface area contributed by atoms with Crippen LogP contribution in [-0.2, 0) is 4.74 Å². The summed E-state index contributed by atoms with van der Waals surface area (Å²) in [5.74, 6) is -1.41. The number of anilines is 2. The lowest BCUT2D eigenvalue weighted by Gasteiger charge is -2.14. The number of aromatic nitrogens is 1. The molecule has 2 amide bonds. The zero-order chi connectivity index (χ0) is 20.3. The Kier molecular flexibility index (Phi) is 6.05. The molecule has 1 fully saturated rings. The Hall–Kier alpha value is -2.78. The van der Waals surface area contributed by atoms with Crippen molar-refractivity contribution in [1.82, 2.24) is 10.3 Å². The summed E-state index contributed by atoms with van der Waals surface area (Å²) in [7, 11) is 0. The van der Waals surface area contributed by atoms with E-state index in [4.69, 9.17) is 28.6 Å². The minimum Gasteiger partial charge on any atom is -0.442 e. The third-order valence-electron chi connectivity index (χ3n) is 3.95. The van der Waals surface area contributed by atoms with Gasteiger partial charge in [-0.15, -0.1) is 0 Å². The fraction of sp³-hybridized carbons (Fsp3) is 0.222. The van der Waals surface area contributed by atoms with Crippen molar-refractivity contribution in [2.75, 3.05) is 23.3 Å². The number of nitrogens with one attached hydrogen (secondary N) is 2. The maximum Gasteiger partial charge on any atom is 0.414 e. The molecular weight excluding hydrogens is 407 g/mol. The highest BCUT2D eigenvalue weighted by Crippen LogP contribution is 2.24. The third-order valence-corrected chi connectivity index (χ3v) is 4.31. The highest BCUT2D eigenvalue weighted by molar-refractivity contribution is 7.80. The van der Waals surface area contributed by atoms with Gasteiger partial charge in [0.2, 0.25) is 0 Å². The molecule has 1 aromatic carbocycles. The summed E-state index contributed by atoms with van der Waals surface area (Å²) in [5, 5.41) is 5.74. The van der Waals surface area contributed by atoms with Crippen LogP contribution in [0.15, 0.2) is 36.5 Å². The van der Waals surface area contributed by atoms with E-state index in [1.165, 1.54) is 29.3 Å².